The molecular weight excluding hydrogens is 506 g/mol. The normalized spacial score (nSPS) is 13.2. The lowest BCUT2D eigenvalue weighted by Crippen LogP contribution is -2.52. The van der Waals surface area contributed by atoms with Crippen LogP contribution < -0.4 is 9.62 Å². The van der Waals surface area contributed by atoms with Crippen LogP contribution >= 0.6 is 15.9 Å². The van der Waals surface area contributed by atoms with Crippen LogP contribution in [0.2, 0.25) is 0 Å². The molecule has 33 heavy (non-hydrogen) atoms. The van der Waals surface area contributed by atoms with Gasteiger partial charge in [0.2, 0.25) is 21.8 Å². The van der Waals surface area contributed by atoms with Crippen LogP contribution in [0.3, 0.4) is 0 Å². The van der Waals surface area contributed by atoms with E-state index in [-0.39, 0.29) is 18.5 Å². The number of carbonyl (C=O) groups excluding carboxylic acids is 2. The van der Waals surface area contributed by atoms with E-state index in [2.05, 4.69) is 21.2 Å². The van der Waals surface area contributed by atoms with Crippen LogP contribution in [0.15, 0.2) is 53.0 Å². The second-order valence-electron chi connectivity index (χ2n) is 8.20. The van der Waals surface area contributed by atoms with Crippen molar-refractivity contribution < 1.29 is 18.0 Å². The average Bonchev–Trinajstić information content (AvgIpc) is 2.75. The molecule has 2 unspecified atom stereocenters. The van der Waals surface area contributed by atoms with Gasteiger partial charge in [-0.2, -0.15) is 0 Å². The molecule has 0 radical (unpaired) electrons. The van der Waals surface area contributed by atoms with E-state index in [9.17, 15) is 18.0 Å². The van der Waals surface area contributed by atoms with Crippen molar-refractivity contribution >= 4 is 43.5 Å². The zero-order valence-electron chi connectivity index (χ0n) is 19.7. The molecule has 2 rings (SSSR count). The average molecular weight is 539 g/mol. The molecule has 2 aromatic carbocycles. The number of rotatable bonds is 10. The Hall–Kier alpha value is -2.39. The third-order valence-corrected chi connectivity index (χ3v) is 7.09. The van der Waals surface area contributed by atoms with E-state index in [1.807, 2.05) is 44.2 Å². The van der Waals surface area contributed by atoms with Crippen molar-refractivity contribution in [1.82, 2.24) is 10.2 Å². The highest BCUT2D eigenvalue weighted by Crippen LogP contribution is 2.23. The number of para-hydroxylation sites is 1. The molecule has 0 spiro atoms. The lowest BCUT2D eigenvalue weighted by atomic mass is 10.1. The first-order valence-electron chi connectivity index (χ1n) is 10.8. The lowest BCUT2D eigenvalue weighted by Gasteiger charge is -2.32. The molecule has 0 saturated heterocycles. The highest BCUT2D eigenvalue weighted by Gasteiger charge is 2.30. The predicted octanol–water partition coefficient (Wildman–Crippen LogP) is 3.86. The Morgan fingerprint density at radius 1 is 1.09 bits per heavy atom. The van der Waals surface area contributed by atoms with Crippen molar-refractivity contribution in [3.8, 4) is 0 Å². The van der Waals surface area contributed by atoms with Crippen molar-refractivity contribution in [2.45, 2.75) is 52.7 Å². The summed E-state index contributed by atoms with van der Waals surface area (Å²) in [6.07, 6.45) is 1.83. The van der Waals surface area contributed by atoms with Gasteiger partial charge in [0.25, 0.3) is 0 Å². The number of sulfonamides is 1. The number of anilines is 1. The van der Waals surface area contributed by atoms with Crippen LogP contribution in [-0.4, -0.2) is 50.0 Å². The highest BCUT2D eigenvalue weighted by molar-refractivity contribution is 9.10. The van der Waals surface area contributed by atoms with Gasteiger partial charge in [0, 0.05) is 17.1 Å². The smallest absolute Gasteiger partial charge is 0.244 e. The first-order chi connectivity index (χ1) is 15.4. The van der Waals surface area contributed by atoms with Gasteiger partial charge in [0.1, 0.15) is 12.6 Å². The maximum atomic E-state index is 13.5. The van der Waals surface area contributed by atoms with E-state index in [4.69, 9.17) is 0 Å². The van der Waals surface area contributed by atoms with Crippen molar-refractivity contribution in [3.63, 3.8) is 0 Å². The highest BCUT2D eigenvalue weighted by atomic mass is 79.9. The van der Waals surface area contributed by atoms with Crippen molar-refractivity contribution in [2.24, 2.45) is 0 Å². The molecule has 0 heterocycles. The molecule has 7 nitrogen and oxygen atoms in total. The molecule has 0 fully saturated rings. The van der Waals surface area contributed by atoms with E-state index >= 15 is 0 Å². The predicted molar refractivity (Wildman–Crippen MR) is 135 cm³/mol. The summed E-state index contributed by atoms with van der Waals surface area (Å²) in [4.78, 5) is 27.8. The molecule has 0 aliphatic heterocycles. The Balaban J connectivity index is 2.40. The maximum Gasteiger partial charge on any atom is 0.244 e. The minimum Gasteiger partial charge on any atom is -0.352 e. The number of hydrogen-bond donors (Lipinski definition) is 1. The molecule has 0 bridgehead atoms. The summed E-state index contributed by atoms with van der Waals surface area (Å²) >= 11 is 3.43. The summed E-state index contributed by atoms with van der Waals surface area (Å²) in [5.74, 6) is -0.745. The van der Waals surface area contributed by atoms with Gasteiger partial charge < -0.3 is 10.2 Å². The topological polar surface area (TPSA) is 86.8 Å². The summed E-state index contributed by atoms with van der Waals surface area (Å²) in [5, 5.41) is 2.91. The van der Waals surface area contributed by atoms with E-state index in [1.165, 1.54) is 4.90 Å². The summed E-state index contributed by atoms with van der Waals surface area (Å²) in [5.41, 5.74) is 1.99. The maximum absolute atomic E-state index is 13.5. The molecule has 0 aliphatic carbocycles. The fourth-order valence-corrected chi connectivity index (χ4v) is 4.67. The molecule has 2 aromatic rings. The number of nitrogens with one attached hydrogen (secondary N) is 1. The Labute approximate surface area is 205 Å². The SMILES string of the molecule is CCC(C)NC(=O)C(C)N(Cc1cccc(Br)c1)C(=O)CN(c1ccccc1C)S(C)(=O)=O. The van der Waals surface area contributed by atoms with Gasteiger partial charge in [0.15, 0.2) is 0 Å². The molecular formula is C24H32BrN3O4S. The summed E-state index contributed by atoms with van der Waals surface area (Å²) in [7, 11) is -3.74. The van der Waals surface area contributed by atoms with Gasteiger partial charge in [-0.05, 0) is 56.5 Å². The van der Waals surface area contributed by atoms with Gasteiger partial charge in [-0.3, -0.25) is 13.9 Å². The number of aryl methyl sites for hydroxylation is 1. The summed E-state index contributed by atoms with van der Waals surface area (Å²) in [6, 6.07) is 13.6. The fourth-order valence-electron chi connectivity index (χ4n) is 3.32. The first kappa shape index (κ1) is 26.9. The second kappa shape index (κ2) is 11.7. The summed E-state index contributed by atoms with van der Waals surface area (Å²) < 4.78 is 27.1. The van der Waals surface area contributed by atoms with Gasteiger partial charge in [-0.15, -0.1) is 0 Å². The molecule has 0 aliphatic rings. The minimum atomic E-state index is -3.74. The number of amides is 2. The molecule has 2 amide bonds. The minimum absolute atomic E-state index is 0.0396. The second-order valence-corrected chi connectivity index (χ2v) is 11.0. The summed E-state index contributed by atoms with van der Waals surface area (Å²) in [6.45, 7) is 7.07. The van der Waals surface area contributed by atoms with Gasteiger partial charge in [-0.1, -0.05) is 53.2 Å². The fraction of sp³-hybridized carbons (Fsp3) is 0.417. The molecule has 0 saturated carbocycles. The van der Waals surface area contributed by atoms with Crippen LogP contribution in [0.4, 0.5) is 5.69 Å². The number of halogens is 1. The molecule has 2 atom stereocenters. The molecule has 1 N–H and O–H groups in total. The third-order valence-electron chi connectivity index (χ3n) is 5.47. The standard InChI is InChI=1S/C24H32BrN3O4S/c1-6-18(3)26-24(30)19(4)27(15-20-11-9-12-21(25)14-20)23(29)16-28(33(5,31)32)22-13-8-7-10-17(22)2/h7-14,18-19H,6,15-16H2,1-5H3,(H,26,30). The Morgan fingerprint density at radius 3 is 2.33 bits per heavy atom. The van der Waals surface area contributed by atoms with Crippen molar-refractivity contribution in [1.29, 1.82) is 0 Å². The number of carbonyl (C=O) groups is 2. The Bertz CT molecular complexity index is 1090. The lowest BCUT2D eigenvalue weighted by molar-refractivity contribution is -0.139. The van der Waals surface area contributed by atoms with Crippen molar-refractivity contribution in [3.05, 3.63) is 64.1 Å². The van der Waals surface area contributed by atoms with Gasteiger partial charge in [0.05, 0.1) is 11.9 Å². The van der Waals surface area contributed by atoms with Crippen LogP contribution in [0.1, 0.15) is 38.3 Å². The first-order valence-corrected chi connectivity index (χ1v) is 13.5. The van der Waals surface area contributed by atoms with Crippen LogP contribution in [-0.2, 0) is 26.2 Å². The largest absolute Gasteiger partial charge is 0.352 e. The van der Waals surface area contributed by atoms with E-state index in [0.29, 0.717) is 5.69 Å². The Morgan fingerprint density at radius 2 is 1.76 bits per heavy atom. The zero-order valence-corrected chi connectivity index (χ0v) is 22.1. The van der Waals surface area contributed by atoms with E-state index < -0.39 is 28.5 Å². The third kappa shape index (κ3) is 7.57. The zero-order chi connectivity index (χ0) is 24.8. The van der Waals surface area contributed by atoms with Crippen LogP contribution in [0, 0.1) is 6.92 Å². The van der Waals surface area contributed by atoms with Gasteiger partial charge >= 0.3 is 0 Å². The Kier molecular flexibility index (Phi) is 9.48. The molecule has 180 valence electrons. The monoisotopic (exact) mass is 537 g/mol. The van der Waals surface area contributed by atoms with Crippen LogP contribution in [0.25, 0.3) is 0 Å². The van der Waals surface area contributed by atoms with Crippen LogP contribution in [0.5, 0.6) is 0 Å². The number of benzene rings is 2. The number of hydrogen-bond acceptors (Lipinski definition) is 4. The molecule has 9 heteroatoms. The van der Waals surface area contributed by atoms with Crippen molar-refractivity contribution in [2.75, 3.05) is 17.1 Å². The number of nitrogens with zero attached hydrogens (tertiary/aromatic N) is 2. The van der Waals surface area contributed by atoms with E-state index in [1.54, 1.807) is 32.0 Å². The van der Waals surface area contributed by atoms with E-state index in [0.717, 1.165) is 32.6 Å². The molecule has 0 aromatic heterocycles. The van der Waals surface area contributed by atoms with Gasteiger partial charge in [-0.25, -0.2) is 8.42 Å². The quantitative estimate of drug-likeness (QED) is 0.498.